The fourth-order valence-electron chi connectivity index (χ4n) is 9.46. The Morgan fingerprint density at radius 2 is 1.40 bits per heavy atom. The van der Waals surface area contributed by atoms with E-state index in [0.29, 0.717) is 25.7 Å². The van der Waals surface area contributed by atoms with Crippen LogP contribution in [0, 0.1) is 65.1 Å². The molecule has 35 heavy (non-hydrogen) atoms. The largest absolute Gasteiger partial charge is 0.433 e. The first kappa shape index (κ1) is 22.7. The number of rotatable bonds is 5. The molecular weight excluding hydrogens is 494 g/mol. The van der Waals surface area contributed by atoms with Gasteiger partial charge in [-0.25, -0.2) is 0 Å². The number of hydroxylamine groups is 2. The lowest BCUT2D eigenvalue weighted by atomic mass is 9.65. The monoisotopic (exact) mass is 519 g/mol. The molecule has 0 radical (unpaired) electrons. The second kappa shape index (κ2) is 6.66. The molecule has 6 bridgehead atoms. The molecule has 7 rings (SSSR count). The van der Waals surface area contributed by atoms with Crippen LogP contribution in [0.25, 0.3) is 0 Å². The average Bonchev–Trinajstić information content (AvgIpc) is 3.61. The van der Waals surface area contributed by atoms with Crippen LogP contribution in [0.1, 0.15) is 32.1 Å². The lowest BCUT2D eigenvalue weighted by molar-refractivity contribution is -0.216. The van der Waals surface area contributed by atoms with Crippen molar-refractivity contribution in [1.29, 1.82) is 0 Å². The van der Waals surface area contributed by atoms with Gasteiger partial charge in [-0.1, -0.05) is 12.2 Å². The summed E-state index contributed by atoms with van der Waals surface area (Å²) >= 11 is 0. The van der Waals surface area contributed by atoms with Gasteiger partial charge in [0.2, 0.25) is 0 Å². The minimum Gasteiger partial charge on any atom is -0.393 e. The summed E-state index contributed by atoms with van der Waals surface area (Å²) in [6, 6.07) is 0. The Hall–Kier alpha value is -1.53. The fraction of sp³-hybridized carbons (Fsp3) is 0.826. The number of allylic oxidation sites excluding steroid dienone is 2. The summed E-state index contributed by atoms with van der Waals surface area (Å²) in [5.74, 6) is -12.7. The van der Waals surface area contributed by atoms with Crippen molar-refractivity contribution in [2.24, 2.45) is 65.1 Å². The molecule has 2 amide bonds. The Labute approximate surface area is 198 Å². The van der Waals surface area contributed by atoms with Crippen LogP contribution >= 0.6 is 0 Å². The third-order valence-corrected chi connectivity index (χ3v) is 11.8. The number of fused-ring (bicyclic) bond motifs is 14. The Morgan fingerprint density at radius 3 is 2.03 bits per heavy atom. The molecule has 0 aromatic rings. The smallest absolute Gasteiger partial charge is 0.393 e. The number of aliphatic hydroxyl groups excluding tert-OH is 1. The van der Waals surface area contributed by atoms with Crippen molar-refractivity contribution in [2.45, 2.75) is 49.4 Å². The zero-order valence-corrected chi connectivity index (χ0v) is 19.3. The van der Waals surface area contributed by atoms with Gasteiger partial charge in [-0.3, -0.25) is 9.59 Å². The van der Waals surface area contributed by atoms with Crippen molar-refractivity contribution in [3.05, 3.63) is 12.2 Å². The van der Waals surface area contributed by atoms with E-state index in [-0.39, 0.29) is 52.9 Å². The standard InChI is InChI=1S/C23H25F4NO6S/c24-22(25,14-6-10-4-12(14)16-11-5-13(17(10)16)15(29)7-11)23(26,27)35(32,33)34-28-20(30)18-8-1-2-9(3-8)19(18)21(28)31/h1-2,8-19,29H,3-7H2. The summed E-state index contributed by atoms with van der Waals surface area (Å²) in [4.78, 5) is 25.3. The number of alkyl halides is 4. The maximum atomic E-state index is 15.4. The SMILES string of the molecule is O=C1C2C3C=CC(C3)C2C(=O)N1OS(=O)(=O)C(F)(F)C(F)(F)C1CC2CC1C1C3CC(O)C(C3)C21. The topological polar surface area (TPSA) is 101 Å². The highest BCUT2D eigenvalue weighted by molar-refractivity contribution is 7.87. The molecule has 12 unspecified atom stereocenters. The normalized spacial score (nSPS) is 49.6. The quantitative estimate of drug-likeness (QED) is 0.259. The van der Waals surface area contributed by atoms with E-state index >= 15 is 17.6 Å². The average molecular weight is 520 g/mol. The molecule has 1 saturated heterocycles. The number of hydrogen-bond donors (Lipinski definition) is 1. The molecule has 7 nitrogen and oxygen atoms in total. The van der Waals surface area contributed by atoms with Crippen molar-refractivity contribution in [3.8, 4) is 0 Å². The van der Waals surface area contributed by atoms with Crippen molar-refractivity contribution in [1.82, 2.24) is 5.06 Å². The van der Waals surface area contributed by atoms with Gasteiger partial charge >= 0.3 is 21.3 Å². The van der Waals surface area contributed by atoms with E-state index in [4.69, 9.17) is 0 Å². The minimum absolute atomic E-state index is 0.00132. The van der Waals surface area contributed by atoms with E-state index in [1.54, 1.807) is 12.2 Å². The van der Waals surface area contributed by atoms with E-state index in [1.165, 1.54) is 0 Å². The first-order valence-corrected chi connectivity index (χ1v) is 13.7. The van der Waals surface area contributed by atoms with Crippen LogP contribution in [-0.4, -0.2) is 47.7 Å². The first-order valence-electron chi connectivity index (χ1n) is 12.3. The van der Waals surface area contributed by atoms with Crippen molar-refractivity contribution >= 4 is 21.9 Å². The number of carbonyl (C=O) groups excluding carboxylic acids is 2. The predicted molar refractivity (Wildman–Crippen MR) is 108 cm³/mol. The van der Waals surface area contributed by atoms with E-state index in [1.807, 2.05) is 0 Å². The molecular formula is C23H25F4NO6S. The van der Waals surface area contributed by atoms with Crippen molar-refractivity contribution < 1.29 is 45.0 Å². The summed E-state index contributed by atoms with van der Waals surface area (Å²) in [5.41, 5.74) is 0. The molecule has 6 aliphatic carbocycles. The maximum Gasteiger partial charge on any atom is 0.433 e. The molecule has 5 saturated carbocycles. The van der Waals surface area contributed by atoms with Gasteiger partial charge in [-0.15, -0.1) is 9.35 Å². The van der Waals surface area contributed by atoms with Crippen LogP contribution in [0.3, 0.4) is 0 Å². The number of amides is 2. The Morgan fingerprint density at radius 1 is 0.857 bits per heavy atom. The molecule has 1 heterocycles. The Kier molecular flexibility index (Phi) is 4.31. The van der Waals surface area contributed by atoms with E-state index in [9.17, 15) is 23.1 Å². The number of imide groups is 1. The van der Waals surface area contributed by atoms with Gasteiger partial charge in [0.25, 0.3) is 11.8 Å². The second-order valence-corrected chi connectivity index (χ2v) is 13.3. The maximum absolute atomic E-state index is 15.4. The van der Waals surface area contributed by atoms with Gasteiger partial charge in [-0.2, -0.15) is 26.0 Å². The number of nitrogens with zero attached hydrogens (tertiary/aromatic N) is 1. The van der Waals surface area contributed by atoms with Crippen LogP contribution in [0.15, 0.2) is 12.2 Å². The molecule has 1 N–H and O–H groups in total. The van der Waals surface area contributed by atoms with Gasteiger partial charge < -0.3 is 5.11 Å². The summed E-state index contributed by atoms with van der Waals surface area (Å²) in [5, 5.41) is 4.35. The van der Waals surface area contributed by atoms with Crippen LogP contribution in [0.5, 0.6) is 0 Å². The van der Waals surface area contributed by atoms with Gasteiger partial charge in [0, 0.05) is 5.92 Å². The number of halogens is 4. The van der Waals surface area contributed by atoms with Crippen molar-refractivity contribution in [3.63, 3.8) is 0 Å². The van der Waals surface area contributed by atoms with Crippen LogP contribution in [0.2, 0.25) is 0 Å². The van der Waals surface area contributed by atoms with Gasteiger partial charge in [-0.05, 0) is 79.4 Å². The molecule has 12 atom stereocenters. The third-order valence-electron chi connectivity index (χ3n) is 10.6. The molecule has 6 fully saturated rings. The molecule has 1 aliphatic heterocycles. The minimum atomic E-state index is -6.37. The summed E-state index contributed by atoms with van der Waals surface area (Å²) in [6.07, 6.45) is 4.68. The number of carbonyl (C=O) groups is 2. The molecule has 7 aliphatic rings. The second-order valence-electron chi connectivity index (χ2n) is 11.8. The number of hydrogen-bond acceptors (Lipinski definition) is 6. The predicted octanol–water partition coefficient (Wildman–Crippen LogP) is 2.57. The molecule has 0 aromatic carbocycles. The summed E-state index contributed by atoms with van der Waals surface area (Å²) < 4.78 is 90.5. The van der Waals surface area contributed by atoms with Crippen LogP contribution in [-0.2, 0) is 24.0 Å². The Balaban J connectivity index is 1.13. The highest BCUT2D eigenvalue weighted by Gasteiger charge is 2.77. The third kappa shape index (κ3) is 2.56. The van der Waals surface area contributed by atoms with Crippen LogP contribution in [0.4, 0.5) is 17.6 Å². The lowest BCUT2D eigenvalue weighted by Gasteiger charge is -2.43. The van der Waals surface area contributed by atoms with Crippen molar-refractivity contribution in [2.75, 3.05) is 0 Å². The van der Waals surface area contributed by atoms with Gasteiger partial charge in [0.05, 0.1) is 17.9 Å². The summed E-state index contributed by atoms with van der Waals surface area (Å²) in [7, 11) is -6.37. The van der Waals surface area contributed by atoms with E-state index < -0.39 is 62.9 Å². The highest BCUT2D eigenvalue weighted by Crippen LogP contribution is 2.71. The first-order chi connectivity index (χ1) is 16.3. The van der Waals surface area contributed by atoms with Gasteiger partial charge in [0.15, 0.2) is 0 Å². The Bertz CT molecular complexity index is 1130. The lowest BCUT2D eigenvalue weighted by Crippen LogP contribution is -2.56. The fourth-order valence-corrected chi connectivity index (χ4v) is 10.4. The van der Waals surface area contributed by atoms with E-state index in [0.717, 1.165) is 0 Å². The molecule has 0 spiro atoms. The zero-order chi connectivity index (χ0) is 24.8. The molecule has 12 heteroatoms. The number of aliphatic hydroxyl groups is 1. The molecule has 192 valence electrons. The van der Waals surface area contributed by atoms with E-state index in [2.05, 4.69) is 4.28 Å². The highest BCUT2D eigenvalue weighted by atomic mass is 32.2. The van der Waals surface area contributed by atoms with Crippen LogP contribution < -0.4 is 0 Å². The summed E-state index contributed by atoms with van der Waals surface area (Å²) in [6.45, 7) is 0. The zero-order valence-electron chi connectivity index (χ0n) is 18.5. The molecule has 0 aromatic heterocycles. The van der Waals surface area contributed by atoms with Gasteiger partial charge in [0.1, 0.15) is 0 Å².